The predicted octanol–water partition coefficient (Wildman–Crippen LogP) is 4.98. The fraction of sp³-hybridized carbons (Fsp3) is 0.561. The maximum atomic E-state index is 14.7. The van der Waals surface area contributed by atoms with Crippen molar-refractivity contribution < 1.29 is 43.6 Å². The summed E-state index contributed by atoms with van der Waals surface area (Å²) < 4.78 is 18.1. The zero-order valence-corrected chi connectivity index (χ0v) is 33.8. The molecule has 306 valence electrons. The molecule has 5 N–H and O–H groups in total. The molecule has 2 aromatic heterocycles. The molecule has 3 amide bonds. The lowest BCUT2D eigenvalue weighted by Gasteiger charge is -2.35. The van der Waals surface area contributed by atoms with Crippen LogP contribution in [0, 0.1) is 23.2 Å². The van der Waals surface area contributed by atoms with Crippen LogP contribution in [0.25, 0.3) is 22.3 Å². The number of nitrogens with zero attached hydrogens (tertiary/aromatic N) is 3. The molecule has 3 heterocycles. The molecular formula is C41H52N6O9S. The molecule has 16 heteroatoms. The van der Waals surface area contributed by atoms with Gasteiger partial charge in [-0.2, -0.15) is 0 Å². The summed E-state index contributed by atoms with van der Waals surface area (Å²) in [6.45, 7) is 13.1. The third kappa shape index (κ3) is 8.66. The number of fused-ring (bicyclic) bond motifs is 2. The molecule has 15 nitrogen and oxygen atoms in total. The van der Waals surface area contributed by atoms with Crippen molar-refractivity contribution in [1.29, 1.82) is 0 Å². The van der Waals surface area contributed by atoms with Crippen LogP contribution in [0.3, 0.4) is 0 Å². The van der Waals surface area contributed by atoms with Crippen molar-refractivity contribution in [2.45, 2.75) is 103 Å². The number of alkyl carbamates (subject to hydrolysis) is 1. The second kappa shape index (κ2) is 15.8. The van der Waals surface area contributed by atoms with Crippen molar-refractivity contribution in [3.8, 4) is 22.9 Å². The number of hydrogen-bond donors (Lipinski definition) is 5. The molecule has 0 spiro atoms. The Bertz CT molecular complexity index is 2040. The number of carbonyl (C=O) groups is 4. The van der Waals surface area contributed by atoms with Gasteiger partial charge in [0, 0.05) is 41.3 Å². The van der Waals surface area contributed by atoms with Gasteiger partial charge in [-0.15, -0.1) is 17.9 Å². The van der Waals surface area contributed by atoms with Gasteiger partial charge in [-0.25, -0.2) is 19.6 Å². The molecule has 7 rings (SSSR count). The van der Waals surface area contributed by atoms with Crippen molar-refractivity contribution in [2.24, 2.45) is 23.2 Å². The standard InChI is InChI=1S/C41H52N6O9S/c1-7-24-18-41(24,37(51)52)46-35(49)32-16-27(19-47(32)36(50)34(40(4,5)6)45-39(53)56-26-13-22-12-23(22)14-26)55-33-17-30(31-20-57-38(44-31)42-21(2)3)43-29-15-25(54-11-10-48)8-9-28(29)33/h7-9,15,17,20-24,26-27,32,34,48H,1,10-14,16,18-19H2,2-6H3,(H,42,44)(H,45,53)(H,46,49)(H,51,52)/t22-,23+,24-,26?,27-,32+,34-,41-/m1/s1. The summed E-state index contributed by atoms with van der Waals surface area (Å²) in [6, 6.07) is 5.02. The predicted molar refractivity (Wildman–Crippen MR) is 213 cm³/mol. The van der Waals surface area contributed by atoms with Crippen LogP contribution in [0.2, 0.25) is 0 Å². The van der Waals surface area contributed by atoms with Gasteiger partial charge < -0.3 is 45.3 Å². The molecule has 1 aliphatic heterocycles. The number of anilines is 1. The smallest absolute Gasteiger partial charge is 0.408 e. The summed E-state index contributed by atoms with van der Waals surface area (Å²) >= 11 is 1.44. The van der Waals surface area contributed by atoms with Crippen LogP contribution in [0.15, 0.2) is 42.3 Å². The first-order chi connectivity index (χ1) is 27.1. The van der Waals surface area contributed by atoms with E-state index in [9.17, 15) is 29.4 Å². The van der Waals surface area contributed by atoms with E-state index in [1.165, 1.54) is 28.7 Å². The first-order valence-electron chi connectivity index (χ1n) is 19.6. The number of carbonyl (C=O) groups excluding carboxylic acids is 3. The fourth-order valence-corrected chi connectivity index (χ4v) is 8.96. The third-order valence-electron chi connectivity index (χ3n) is 11.3. The number of aliphatic hydroxyl groups excluding tert-OH is 1. The van der Waals surface area contributed by atoms with Crippen molar-refractivity contribution in [3.05, 3.63) is 42.3 Å². The van der Waals surface area contributed by atoms with E-state index in [2.05, 4.69) is 22.5 Å². The molecule has 8 atom stereocenters. The lowest BCUT2D eigenvalue weighted by atomic mass is 9.85. The van der Waals surface area contributed by atoms with Crippen LogP contribution >= 0.6 is 11.3 Å². The Morgan fingerprint density at radius 1 is 1.07 bits per heavy atom. The average molecular weight is 805 g/mol. The minimum absolute atomic E-state index is 0.0346. The van der Waals surface area contributed by atoms with Gasteiger partial charge in [-0.05, 0) is 68.9 Å². The summed E-state index contributed by atoms with van der Waals surface area (Å²) in [7, 11) is 0. The molecule has 1 saturated heterocycles. The summed E-state index contributed by atoms with van der Waals surface area (Å²) in [5, 5.41) is 31.5. The molecule has 1 unspecified atom stereocenters. The summed E-state index contributed by atoms with van der Waals surface area (Å²) in [6.07, 6.45) is 2.91. The van der Waals surface area contributed by atoms with Crippen LogP contribution < -0.4 is 25.4 Å². The topological polar surface area (TPSA) is 202 Å². The minimum Gasteiger partial charge on any atom is -0.491 e. The Balaban J connectivity index is 1.19. The highest BCUT2D eigenvalue weighted by atomic mass is 32.1. The van der Waals surface area contributed by atoms with Crippen LogP contribution in [0.5, 0.6) is 11.5 Å². The molecule has 3 saturated carbocycles. The number of ether oxygens (including phenoxy) is 3. The lowest BCUT2D eigenvalue weighted by molar-refractivity contribution is -0.146. The Hall–Kier alpha value is -4.96. The number of carboxylic acid groups (broad SMARTS) is 1. The molecule has 57 heavy (non-hydrogen) atoms. The second-order valence-corrected chi connectivity index (χ2v) is 17.9. The maximum absolute atomic E-state index is 14.7. The number of aliphatic carboxylic acids is 1. The Morgan fingerprint density at radius 3 is 2.47 bits per heavy atom. The van der Waals surface area contributed by atoms with Crippen LogP contribution in [-0.4, -0.2) is 105 Å². The van der Waals surface area contributed by atoms with E-state index in [1.54, 1.807) is 24.3 Å². The van der Waals surface area contributed by atoms with Gasteiger partial charge in [0.2, 0.25) is 11.8 Å². The van der Waals surface area contributed by atoms with Crippen molar-refractivity contribution >= 4 is 51.2 Å². The summed E-state index contributed by atoms with van der Waals surface area (Å²) in [5.41, 5.74) is -0.649. The second-order valence-electron chi connectivity index (χ2n) is 17.1. The average Bonchev–Trinajstić information content (AvgIpc) is 3.82. The highest BCUT2D eigenvalue weighted by Gasteiger charge is 2.61. The van der Waals surface area contributed by atoms with Crippen molar-refractivity contribution in [3.63, 3.8) is 0 Å². The molecule has 3 aromatic rings. The molecule has 0 bridgehead atoms. The number of aliphatic hydroxyl groups is 1. The Kier molecular flexibility index (Phi) is 11.1. The number of carboxylic acids is 1. The zero-order valence-electron chi connectivity index (χ0n) is 32.9. The quantitative estimate of drug-likeness (QED) is 0.129. The van der Waals surface area contributed by atoms with Crippen LogP contribution in [-0.2, 0) is 19.1 Å². The number of pyridine rings is 1. The van der Waals surface area contributed by atoms with Crippen LogP contribution in [0.4, 0.5) is 9.93 Å². The maximum Gasteiger partial charge on any atom is 0.408 e. The largest absolute Gasteiger partial charge is 0.491 e. The summed E-state index contributed by atoms with van der Waals surface area (Å²) in [4.78, 5) is 65.5. The Labute approximate surface area is 335 Å². The molecule has 1 aromatic carbocycles. The number of likely N-dealkylation sites (tertiary alicyclic amines) is 1. The van der Waals surface area contributed by atoms with E-state index in [0.29, 0.717) is 45.6 Å². The van der Waals surface area contributed by atoms with E-state index in [0.717, 1.165) is 18.0 Å². The fourth-order valence-electron chi connectivity index (χ4n) is 8.11. The molecule has 0 radical (unpaired) electrons. The van der Waals surface area contributed by atoms with Crippen LogP contribution in [0.1, 0.15) is 66.7 Å². The molecule has 4 aliphatic rings. The van der Waals surface area contributed by atoms with Crippen molar-refractivity contribution in [1.82, 2.24) is 25.5 Å². The summed E-state index contributed by atoms with van der Waals surface area (Å²) in [5.74, 6) is -0.685. The van der Waals surface area contributed by atoms with Gasteiger partial charge in [-0.3, -0.25) is 9.59 Å². The Morgan fingerprint density at radius 2 is 1.82 bits per heavy atom. The van der Waals surface area contributed by atoms with Gasteiger partial charge in [-0.1, -0.05) is 26.8 Å². The number of aromatic nitrogens is 2. The van der Waals surface area contributed by atoms with Gasteiger partial charge in [0.25, 0.3) is 0 Å². The van der Waals surface area contributed by atoms with Gasteiger partial charge >= 0.3 is 12.1 Å². The van der Waals surface area contributed by atoms with E-state index in [-0.39, 0.29) is 44.7 Å². The SMILES string of the molecule is C=C[C@@H]1C[C@]1(NC(=O)[C@@H]1C[C@@H](Oc2cc(-c3csc(NC(C)C)n3)nc3cc(OCCO)ccc23)CN1C(=O)[C@@H](NC(=O)OC1C[C@@H]2C[C@@H]2C1)C(C)(C)C)C(=O)O. The van der Waals surface area contributed by atoms with E-state index in [4.69, 9.17) is 24.2 Å². The number of benzene rings is 1. The molecular weight excluding hydrogens is 753 g/mol. The van der Waals surface area contributed by atoms with Crippen molar-refractivity contribution in [2.75, 3.05) is 25.1 Å². The zero-order chi connectivity index (χ0) is 40.8. The number of thiazole rings is 1. The van der Waals surface area contributed by atoms with E-state index < -0.39 is 58.9 Å². The minimum atomic E-state index is -1.53. The number of rotatable bonds is 15. The van der Waals surface area contributed by atoms with Gasteiger partial charge in [0.05, 0.1) is 24.4 Å². The highest BCUT2D eigenvalue weighted by molar-refractivity contribution is 7.14. The number of amides is 3. The number of hydrogen-bond acceptors (Lipinski definition) is 12. The first kappa shape index (κ1) is 40.2. The lowest BCUT2D eigenvalue weighted by Crippen LogP contribution is -2.59. The van der Waals surface area contributed by atoms with Gasteiger partial charge in [0.1, 0.15) is 53.6 Å². The molecule has 3 aliphatic carbocycles. The van der Waals surface area contributed by atoms with E-state index >= 15 is 0 Å². The normalized spacial score (nSPS) is 26.7. The number of nitrogens with one attached hydrogen (secondary N) is 3. The highest BCUT2D eigenvalue weighted by Crippen LogP contribution is 2.52. The first-order valence-corrected chi connectivity index (χ1v) is 20.5. The van der Waals surface area contributed by atoms with E-state index in [1.807, 2.05) is 40.0 Å². The molecule has 4 fully saturated rings. The van der Waals surface area contributed by atoms with Gasteiger partial charge in [0.15, 0.2) is 5.13 Å². The third-order valence-corrected chi connectivity index (χ3v) is 12.1. The monoisotopic (exact) mass is 804 g/mol.